The number of nitrogens with zero attached hydrogens (tertiary/aromatic N) is 1. The smallest absolute Gasteiger partial charge is 0.222 e. The van der Waals surface area contributed by atoms with Gasteiger partial charge in [-0.3, -0.25) is 14.7 Å². The average Bonchev–Trinajstić information content (AvgIpc) is 2.81. The lowest BCUT2D eigenvalue weighted by Gasteiger charge is -1.98. The number of hydrogen-bond acceptors (Lipinski definition) is 3. The van der Waals surface area contributed by atoms with Gasteiger partial charge in [0.25, 0.3) is 0 Å². The van der Waals surface area contributed by atoms with Gasteiger partial charge in [0.2, 0.25) is 5.91 Å². The van der Waals surface area contributed by atoms with E-state index in [9.17, 15) is 9.59 Å². The summed E-state index contributed by atoms with van der Waals surface area (Å²) in [6.07, 6.45) is 0. The summed E-state index contributed by atoms with van der Waals surface area (Å²) in [7, 11) is 0. The lowest BCUT2D eigenvalue weighted by Crippen LogP contribution is -2.09. The van der Waals surface area contributed by atoms with Gasteiger partial charge >= 0.3 is 0 Å². The fraction of sp³-hybridized carbons (Fsp3) is 0.0833. The standard InChI is InChI=1S/C12H9N3O2/c1-6(16)13-12-9-10(14-15-12)7-4-2-3-5-8(7)11(9)17/h2-5H,1H3,(H2,13,14,15,16). The minimum absolute atomic E-state index is 0.104. The van der Waals surface area contributed by atoms with Crippen LogP contribution in [0.2, 0.25) is 0 Å². The van der Waals surface area contributed by atoms with Crippen molar-refractivity contribution in [3.05, 3.63) is 35.4 Å². The molecule has 2 aromatic rings. The second-order valence-electron chi connectivity index (χ2n) is 3.88. The number of fused-ring (bicyclic) bond motifs is 3. The SMILES string of the molecule is CC(=O)Nc1n[nH]c2c1C(=O)c1ccccc1-2. The van der Waals surface area contributed by atoms with E-state index in [4.69, 9.17) is 0 Å². The summed E-state index contributed by atoms with van der Waals surface area (Å²) >= 11 is 0. The number of H-pyrrole nitrogens is 1. The predicted molar refractivity (Wildman–Crippen MR) is 61.8 cm³/mol. The predicted octanol–water partition coefficient (Wildman–Crippen LogP) is 1.58. The number of carbonyl (C=O) groups excluding carboxylic acids is 2. The molecule has 0 saturated heterocycles. The second-order valence-corrected chi connectivity index (χ2v) is 3.88. The van der Waals surface area contributed by atoms with Crippen LogP contribution in [0.1, 0.15) is 22.8 Å². The first-order valence-electron chi connectivity index (χ1n) is 5.18. The van der Waals surface area contributed by atoms with Crippen molar-refractivity contribution in [2.45, 2.75) is 6.92 Å². The highest BCUT2D eigenvalue weighted by Gasteiger charge is 2.32. The number of nitrogens with one attached hydrogen (secondary N) is 2. The summed E-state index contributed by atoms with van der Waals surface area (Å²) in [6, 6.07) is 7.30. The molecule has 1 heterocycles. The van der Waals surface area contributed by atoms with Gasteiger partial charge in [-0.25, -0.2) is 0 Å². The van der Waals surface area contributed by atoms with Crippen molar-refractivity contribution >= 4 is 17.5 Å². The van der Waals surface area contributed by atoms with Gasteiger partial charge in [0.15, 0.2) is 11.6 Å². The number of aromatic nitrogens is 2. The molecule has 0 spiro atoms. The van der Waals surface area contributed by atoms with E-state index in [1.54, 1.807) is 6.07 Å². The van der Waals surface area contributed by atoms with Crippen LogP contribution in [0.15, 0.2) is 24.3 Å². The van der Waals surface area contributed by atoms with E-state index in [1.807, 2.05) is 18.2 Å². The number of benzene rings is 1. The quantitative estimate of drug-likeness (QED) is 0.662. The van der Waals surface area contributed by atoms with E-state index in [2.05, 4.69) is 15.5 Å². The number of carbonyl (C=O) groups is 2. The van der Waals surface area contributed by atoms with Crippen molar-refractivity contribution in [3.8, 4) is 11.3 Å². The third kappa shape index (κ3) is 1.29. The van der Waals surface area contributed by atoms with Crippen LogP contribution in [0.3, 0.4) is 0 Å². The highest BCUT2D eigenvalue weighted by atomic mass is 16.1. The zero-order valence-corrected chi connectivity index (χ0v) is 9.07. The molecule has 1 aliphatic carbocycles. The van der Waals surface area contributed by atoms with Crippen LogP contribution >= 0.6 is 0 Å². The van der Waals surface area contributed by atoms with Gasteiger partial charge in [0, 0.05) is 18.1 Å². The molecule has 1 aromatic carbocycles. The highest BCUT2D eigenvalue weighted by Crippen LogP contribution is 2.38. The molecule has 84 valence electrons. The Labute approximate surface area is 96.8 Å². The zero-order chi connectivity index (χ0) is 12.0. The fourth-order valence-corrected chi connectivity index (χ4v) is 2.05. The first-order chi connectivity index (χ1) is 8.18. The van der Waals surface area contributed by atoms with Crippen molar-refractivity contribution in [1.82, 2.24) is 10.2 Å². The Hall–Kier alpha value is -2.43. The number of amides is 1. The molecule has 0 saturated carbocycles. The van der Waals surface area contributed by atoms with Crippen LogP contribution in [0.5, 0.6) is 0 Å². The first kappa shape index (κ1) is 9.77. The van der Waals surface area contributed by atoms with Crippen molar-refractivity contribution in [3.63, 3.8) is 0 Å². The fourth-order valence-electron chi connectivity index (χ4n) is 2.05. The third-order valence-electron chi connectivity index (χ3n) is 2.73. The van der Waals surface area contributed by atoms with E-state index in [0.717, 1.165) is 5.56 Å². The minimum Gasteiger partial charge on any atom is -0.309 e. The molecule has 2 N–H and O–H groups in total. The Kier molecular flexibility index (Phi) is 1.89. The molecule has 0 fully saturated rings. The minimum atomic E-state index is -0.247. The number of aromatic amines is 1. The summed E-state index contributed by atoms with van der Waals surface area (Å²) in [5.41, 5.74) is 2.59. The van der Waals surface area contributed by atoms with Crippen LogP contribution in [0, 0.1) is 0 Å². The van der Waals surface area contributed by atoms with Crippen LogP contribution in [-0.2, 0) is 4.79 Å². The largest absolute Gasteiger partial charge is 0.309 e. The molecule has 0 radical (unpaired) electrons. The van der Waals surface area contributed by atoms with Gasteiger partial charge < -0.3 is 5.32 Å². The first-order valence-corrected chi connectivity index (χ1v) is 5.18. The molecule has 0 atom stereocenters. The number of rotatable bonds is 1. The van der Waals surface area contributed by atoms with Gasteiger partial charge in [-0.1, -0.05) is 24.3 Å². The summed E-state index contributed by atoms with van der Waals surface area (Å²) in [5.74, 6) is -0.0511. The molecule has 5 nitrogen and oxygen atoms in total. The van der Waals surface area contributed by atoms with Gasteiger partial charge in [-0.2, -0.15) is 5.10 Å². The average molecular weight is 227 g/mol. The number of ketones is 1. The molecule has 1 aliphatic rings. The Morgan fingerprint density at radius 1 is 1.29 bits per heavy atom. The van der Waals surface area contributed by atoms with E-state index in [-0.39, 0.29) is 11.7 Å². The molecule has 17 heavy (non-hydrogen) atoms. The van der Waals surface area contributed by atoms with E-state index >= 15 is 0 Å². The maximum atomic E-state index is 12.1. The molecule has 3 rings (SSSR count). The maximum Gasteiger partial charge on any atom is 0.222 e. The van der Waals surface area contributed by atoms with Gasteiger partial charge in [-0.05, 0) is 0 Å². The molecular weight excluding hydrogens is 218 g/mol. The second kappa shape index (κ2) is 3.28. The van der Waals surface area contributed by atoms with Crippen LogP contribution in [-0.4, -0.2) is 21.9 Å². The van der Waals surface area contributed by atoms with E-state index in [1.165, 1.54) is 6.92 Å². The van der Waals surface area contributed by atoms with Gasteiger partial charge in [0.1, 0.15) is 0 Å². The number of hydrogen-bond donors (Lipinski definition) is 2. The van der Waals surface area contributed by atoms with E-state index in [0.29, 0.717) is 22.6 Å². The van der Waals surface area contributed by atoms with Crippen LogP contribution in [0.25, 0.3) is 11.3 Å². The third-order valence-corrected chi connectivity index (χ3v) is 2.73. The molecule has 0 bridgehead atoms. The number of anilines is 1. The normalized spacial score (nSPS) is 12.2. The maximum absolute atomic E-state index is 12.1. The summed E-state index contributed by atoms with van der Waals surface area (Å²) in [5, 5.41) is 9.29. The Morgan fingerprint density at radius 2 is 2.00 bits per heavy atom. The van der Waals surface area contributed by atoms with Crippen LogP contribution < -0.4 is 5.32 Å². The van der Waals surface area contributed by atoms with Crippen molar-refractivity contribution in [2.75, 3.05) is 5.32 Å². The van der Waals surface area contributed by atoms with Gasteiger partial charge in [0.05, 0.1) is 11.3 Å². The monoisotopic (exact) mass is 227 g/mol. The summed E-state index contributed by atoms with van der Waals surface area (Å²) < 4.78 is 0. The Morgan fingerprint density at radius 3 is 2.71 bits per heavy atom. The van der Waals surface area contributed by atoms with Crippen molar-refractivity contribution < 1.29 is 9.59 Å². The molecule has 0 aliphatic heterocycles. The molecular formula is C12H9N3O2. The molecule has 1 aromatic heterocycles. The van der Waals surface area contributed by atoms with Crippen molar-refractivity contribution in [2.24, 2.45) is 0 Å². The lowest BCUT2D eigenvalue weighted by molar-refractivity contribution is -0.114. The lowest BCUT2D eigenvalue weighted by atomic mass is 10.1. The summed E-state index contributed by atoms with van der Waals surface area (Å²) in [6.45, 7) is 1.38. The summed E-state index contributed by atoms with van der Waals surface area (Å²) in [4.78, 5) is 23.2. The van der Waals surface area contributed by atoms with Gasteiger partial charge in [-0.15, -0.1) is 0 Å². The Bertz CT molecular complexity index is 643. The molecule has 5 heteroatoms. The topological polar surface area (TPSA) is 74.8 Å². The molecule has 1 amide bonds. The zero-order valence-electron chi connectivity index (χ0n) is 9.07. The Balaban J connectivity index is 2.19. The highest BCUT2D eigenvalue weighted by molar-refractivity contribution is 6.24. The molecule has 0 unspecified atom stereocenters. The van der Waals surface area contributed by atoms with Crippen molar-refractivity contribution in [1.29, 1.82) is 0 Å². The van der Waals surface area contributed by atoms with Crippen LogP contribution in [0.4, 0.5) is 5.82 Å². The van der Waals surface area contributed by atoms with E-state index < -0.39 is 0 Å².